The van der Waals surface area contributed by atoms with Gasteiger partial charge in [-0.15, -0.1) is 10.2 Å². The summed E-state index contributed by atoms with van der Waals surface area (Å²) in [5.41, 5.74) is 0.225. The Bertz CT molecular complexity index is 557. The summed E-state index contributed by atoms with van der Waals surface area (Å²) in [5, 5.41) is 11.0. The molecular formula is C13H15ClFN3O. The van der Waals surface area contributed by atoms with E-state index < -0.39 is 5.82 Å². The first-order valence-electron chi connectivity index (χ1n) is 6.08. The largest absolute Gasteiger partial charge is 0.421 e. The zero-order valence-corrected chi connectivity index (χ0v) is 11.5. The first-order valence-corrected chi connectivity index (χ1v) is 6.46. The molecule has 0 unspecified atom stereocenters. The van der Waals surface area contributed by atoms with Gasteiger partial charge < -0.3 is 9.73 Å². The second-order valence-corrected chi connectivity index (χ2v) is 4.87. The van der Waals surface area contributed by atoms with Crippen LogP contribution in [0, 0.1) is 5.82 Å². The minimum atomic E-state index is -0.542. The number of benzene rings is 1. The van der Waals surface area contributed by atoms with E-state index in [0.29, 0.717) is 18.4 Å². The van der Waals surface area contributed by atoms with Gasteiger partial charge in [-0.05, 0) is 12.1 Å². The summed E-state index contributed by atoms with van der Waals surface area (Å²) in [5.74, 6) is 0.0849. The third-order valence-electron chi connectivity index (χ3n) is 2.54. The van der Waals surface area contributed by atoms with Crippen LogP contribution in [0.5, 0.6) is 0 Å². The van der Waals surface area contributed by atoms with Crippen molar-refractivity contribution in [3.8, 4) is 11.5 Å². The first-order chi connectivity index (χ1) is 9.08. The van der Waals surface area contributed by atoms with E-state index in [2.05, 4.69) is 29.4 Å². The van der Waals surface area contributed by atoms with Crippen molar-refractivity contribution >= 4 is 11.6 Å². The third-order valence-corrected chi connectivity index (χ3v) is 2.83. The van der Waals surface area contributed by atoms with Crippen LogP contribution in [-0.2, 0) is 6.42 Å². The van der Waals surface area contributed by atoms with Crippen molar-refractivity contribution in [2.75, 3.05) is 6.54 Å². The Balaban J connectivity index is 2.10. The quantitative estimate of drug-likeness (QED) is 0.916. The Kier molecular flexibility index (Phi) is 4.50. The fraction of sp³-hybridized carbons (Fsp3) is 0.385. The molecule has 19 heavy (non-hydrogen) atoms. The molecule has 0 aliphatic heterocycles. The number of rotatable bonds is 5. The molecule has 1 aromatic heterocycles. The highest BCUT2D eigenvalue weighted by Crippen LogP contribution is 2.26. The van der Waals surface area contributed by atoms with Gasteiger partial charge in [-0.1, -0.05) is 31.5 Å². The molecule has 0 spiro atoms. The van der Waals surface area contributed by atoms with Crippen LogP contribution >= 0.6 is 11.6 Å². The molecule has 2 rings (SSSR count). The SMILES string of the molecule is CC(C)NCCc1nnc(-c2cccc(Cl)c2F)o1. The van der Waals surface area contributed by atoms with Gasteiger partial charge in [0.2, 0.25) is 5.89 Å². The van der Waals surface area contributed by atoms with Crippen molar-refractivity contribution in [2.45, 2.75) is 26.3 Å². The third kappa shape index (κ3) is 3.52. The molecule has 1 N–H and O–H groups in total. The molecule has 0 fully saturated rings. The van der Waals surface area contributed by atoms with E-state index in [1.807, 2.05) is 0 Å². The summed E-state index contributed by atoms with van der Waals surface area (Å²) in [4.78, 5) is 0. The monoisotopic (exact) mass is 283 g/mol. The van der Waals surface area contributed by atoms with E-state index in [4.69, 9.17) is 16.0 Å². The molecule has 0 radical (unpaired) electrons. The van der Waals surface area contributed by atoms with Gasteiger partial charge in [0, 0.05) is 19.0 Å². The smallest absolute Gasteiger partial charge is 0.250 e. The molecule has 0 atom stereocenters. The Labute approximate surface area is 116 Å². The molecule has 0 saturated heterocycles. The fourth-order valence-electron chi connectivity index (χ4n) is 1.60. The minimum Gasteiger partial charge on any atom is -0.421 e. The van der Waals surface area contributed by atoms with E-state index in [9.17, 15) is 4.39 Å². The molecule has 2 aromatic rings. The van der Waals surface area contributed by atoms with Gasteiger partial charge in [0.25, 0.3) is 5.89 Å². The molecule has 1 heterocycles. The molecule has 6 heteroatoms. The average molecular weight is 284 g/mol. The lowest BCUT2D eigenvalue weighted by molar-refractivity contribution is 0.482. The van der Waals surface area contributed by atoms with Gasteiger partial charge in [0.1, 0.15) is 0 Å². The standard InChI is InChI=1S/C13H15ClFN3O/c1-8(2)16-7-6-11-17-18-13(19-11)9-4-3-5-10(14)12(9)15/h3-5,8,16H,6-7H2,1-2H3. The van der Waals surface area contributed by atoms with E-state index in [-0.39, 0.29) is 16.5 Å². The summed E-state index contributed by atoms with van der Waals surface area (Å²) in [6.45, 7) is 4.85. The fourth-order valence-corrected chi connectivity index (χ4v) is 1.77. The van der Waals surface area contributed by atoms with Crippen molar-refractivity contribution in [1.29, 1.82) is 0 Å². The van der Waals surface area contributed by atoms with Crippen molar-refractivity contribution in [1.82, 2.24) is 15.5 Å². The summed E-state index contributed by atoms with van der Waals surface area (Å²) in [6.07, 6.45) is 0.605. The number of nitrogens with zero attached hydrogens (tertiary/aromatic N) is 2. The first kappa shape index (κ1) is 14.0. The number of hydrogen-bond acceptors (Lipinski definition) is 4. The van der Waals surface area contributed by atoms with Crippen molar-refractivity contribution in [2.24, 2.45) is 0 Å². The highest BCUT2D eigenvalue weighted by Gasteiger charge is 2.14. The van der Waals surface area contributed by atoms with Crippen LogP contribution < -0.4 is 5.32 Å². The number of aromatic nitrogens is 2. The van der Waals surface area contributed by atoms with Crippen molar-refractivity contribution in [3.05, 3.63) is 34.9 Å². The van der Waals surface area contributed by atoms with Crippen LogP contribution in [0.3, 0.4) is 0 Å². The lowest BCUT2D eigenvalue weighted by Crippen LogP contribution is -2.25. The number of hydrogen-bond donors (Lipinski definition) is 1. The van der Waals surface area contributed by atoms with Gasteiger partial charge in [0.05, 0.1) is 10.6 Å². The van der Waals surface area contributed by atoms with Crippen LogP contribution in [0.2, 0.25) is 5.02 Å². The van der Waals surface area contributed by atoms with Crippen LogP contribution in [0.15, 0.2) is 22.6 Å². The lowest BCUT2D eigenvalue weighted by Gasteiger charge is -2.04. The molecule has 0 aliphatic rings. The second-order valence-electron chi connectivity index (χ2n) is 4.46. The van der Waals surface area contributed by atoms with E-state index in [1.54, 1.807) is 12.1 Å². The van der Waals surface area contributed by atoms with Crippen LogP contribution in [-0.4, -0.2) is 22.8 Å². The van der Waals surface area contributed by atoms with Gasteiger partial charge in [-0.3, -0.25) is 0 Å². The Morgan fingerprint density at radius 1 is 1.37 bits per heavy atom. The van der Waals surface area contributed by atoms with Crippen molar-refractivity contribution < 1.29 is 8.81 Å². The molecule has 0 saturated carbocycles. The molecule has 4 nitrogen and oxygen atoms in total. The maximum Gasteiger partial charge on any atom is 0.250 e. The molecule has 0 aliphatic carbocycles. The topological polar surface area (TPSA) is 51.0 Å². The van der Waals surface area contributed by atoms with Gasteiger partial charge >= 0.3 is 0 Å². The summed E-state index contributed by atoms with van der Waals surface area (Å²) < 4.78 is 19.2. The normalized spacial score (nSPS) is 11.2. The molecule has 0 amide bonds. The number of halogens is 2. The summed E-state index contributed by atoms with van der Waals surface area (Å²) in [7, 11) is 0. The minimum absolute atomic E-state index is 0.0405. The predicted molar refractivity (Wildman–Crippen MR) is 71.5 cm³/mol. The van der Waals surface area contributed by atoms with Crippen LogP contribution in [0.4, 0.5) is 4.39 Å². The molecular weight excluding hydrogens is 269 g/mol. The Morgan fingerprint density at radius 2 is 2.16 bits per heavy atom. The lowest BCUT2D eigenvalue weighted by atomic mass is 10.2. The highest BCUT2D eigenvalue weighted by molar-refractivity contribution is 6.31. The van der Waals surface area contributed by atoms with Gasteiger partial charge in [-0.25, -0.2) is 4.39 Å². The van der Waals surface area contributed by atoms with Gasteiger partial charge in [-0.2, -0.15) is 0 Å². The van der Waals surface area contributed by atoms with Crippen LogP contribution in [0.25, 0.3) is 11.5 Å². The maximum atomic E-state index is 13.8. The Hall–Kier alpha value is -1.46. The zero-order chi connectivity index (χ0) is 13.8. The zero-order valence-electron chi connectivity index (χ0n) is 10.8. The number of nitrogens with one attached hydrogen (secondary N) is 1. The van der Waals surface area contributed by atoms with Crippen molar-refractivity contribution in [3.63, 3.8) is 0 Å². The predicted octanol–water partition coefficient (Wildman–Crippen LogP) is 3.07. The van der Waals surface area contributed by atoms with E-state index >= 15 is 0 Å². The van der Waals surface area contributed by atoms with Crippen LogP contribution in [0.1, 0.15) is 19.7 Å². The summed E-state index contributed by atoms with van der Waals surface area (Å²) >= 11 is 5.71. The highest BCUT2D eigenvalue weighted by atomic mass is 35.5. The maximum absolute atomic E-state index is 13.8. The van der Waals surface area contributed by atoms with E-state index in [1.165, 1.54) is 6.07 Å². The van der Waals surface area contributed by atoms with Gasteiger partial charge in [0.15, 0.2) is 5.82 Å². The Morgan fingerprint density at radius 3 is 2.89 bits per heavy atom. The molecule has 102 valence electrons. The molecule has 0 bridgehead atoms. The summed E-state index contributed by atoms with van der Waals surface area (Å²) in [6, 6.07) is 5.08. The van der Waals surface area contributed by atoms with E-state index in [0.717, 1.165) is 6.54 Å². The second kappa shape index (κ2) is 6.12. The average Bonchev–Trinajstić information content (AvgIpc) is 2.81. The molecule has 1 aromatic carbocycles.